The van der Waals surface area contributed by atoms with Crippen LogP contribution < -0.4 is 4.74 Å². The molecule has 2 aromatic heterocycles. The summed E-state index contributed by atoms with van der Waals surface area (Å²) < 4.78 is 7.51. The van der Waals surface area contributed by atoms with Gasteiger partial charge in [0.2, 0.25) is 5.82 Å². The lowest BCUT2D eigenvalue weighted by Crippen LogP contribution is -2.07. The fraction of sp³-hybridized carbons (Fsp3) is 0.125. The predicted molar refractivity (Wildman–Crippen MR) is 125 cm³/mol. The minimum Gasteiger partial charge on any atom is -0.465 e. The molecule has 5 aromatic rings. The Bertz CT molecular complexity index is 1470. The molecule has 3 aromatic carbocycles. The van der Waals surface area contributed by atoms with E-state index < -0.39 is 5.91 Å². The Balaban J connectivity index is 1.53. The van der Waals surface area contributed by atoms with Crippen molar-refractivity contribution in [2.45, 2.75) is 13.5 Å². The van der Waals surface area contributed by atoms with Gasteiger partial charge in [0.1, 0.15) is 0 Å². The normalized spacial score (nSPS) is 11.0. The number of aromatic nitrogens is 6. The van der Waals surface area contributed by atoms with E-state index in [-0.39, 0.29) is 5.56 Å². The Morgan fingerprint density at radius 1 is 1.03 bits per heavy atom. The summed E-state index contributed by atoms with van der Waals surface area (Å²) in [7, 11) is 0. The zero-order chi connectivity index (χ0) is 23.5. The molecule has 0 atom stereocenters. The van der Waals surface area contributed by atoms with Gasteiger partial charge in [-0.3, -0.25) is 9.36 Å². The SMILES string of the molecule is CCOc1nc2cccc(C(=O)N=O)c2n1Cc1ccc(-c2ccccc2-c2nn[nH]n2)cc1. The van der Waals surface area contributed by atoms with Gasteiger partial charge in [-0.15, -0.1) is 15.1 Å². The molecular weight excluding hydrogens is 434 g/mol. The number of benzene rings is 3. The molecule has 0 aliphatic heterocycles. The van der Waals surface area contributed by atoms with E-state index in [0.717, 1.165) is 22.3 Å². The molecule has 0 unspecified atom stereocenters. The summed E-state index contributed by atoms with van der Waals surface area (Å²) in [6.07, 6.45) is 0. The number of para-hydroxylation sites is 1. The number of carbonyl (C=O) groups is 1. The van der Waals surface area contributed by atoms with E-state index in [9.17, 15) is 9.70 Å². The largest absolute Gasteiger partial charge is 0.465 e. The first-order valence-electron chi connectivity index (χ1n) is 10.6. The van der Waals surface area contributed by atoms with Crippen LogP contribution in [0.4, 0.5) is 0 Å². The van der Waals surface area contributed by atoms with Crippen LogP contribution in [0.3, 0.4) is 0 Å². The third-order valence-electron chi connectivity index (χ3n) is 5.44. The van der Waals surface area contributed by atoms with Crippen LogP contribution in [0.2, 0.25) is 0 Å². The molecule has 0 bridgehead atoms. The van der Waals surface area contributed by atoms with Gasteiger partial charge in [0.15, 0.2) is 0 Å². The summed E-state index contributed by atoms with van der Waals surface area (Å²) in [5.41, 5.74) is 5.06. The molecule has 168 valence electrons. The van der Waals surface area contributed by atoms with Gasteiger partial charge in [0.05, 0.1) is 29.7 Å². The summed E-state index contributed by atoms with van der Waals surface area (Å²) in [5, 5.41) is 16.9. The number of nitroso groups, excluding NO2 is 1. The van der Waals surface area contributed by atoms with Gasteiger partial charge in [-0.2, -0.15) is 10.2 Å². The molecule has 0 radical (unpaired) electrons. The van der Waals surface area contributed by atoms with Gasteiger partial charge < -0.3 is 4.74 Å². The molecular formula is C24H19N7O3. The molecule has 1 N–H and O–H groups in total. The molecule has 0 fully saturated rings. The second-order valence-electron chi connectivity index (χ2n) is 7.46. The molecule has 5 rings (SSSR count). The van der Waals surface area contributed by atoms with Crippen LogP contribution in [0.5, 0.6) is 6.01 Å². The number of amides is 1. The van der Waals surface area contributed by atoms with Crippen molar-refractivity contribution in [3.8, 4) is 28.5 Å². The van der Waals surface area contributed by atoms with Gasteiger partial charge in [0.25, 0.3) is 6.01 Å². The topological polar surface area (TPSA) is 128 Å². The third-order valence-corrected chi connectivity index (χ3v) is 5.44. The number of rotatable bonds is 7. The van der Waals surface area contributed by atoms with Crippen molar-refractivity contribution in [2.75, 3.05) is 6.61 Å². The Morgan fingerprint density at radius 2 is 1.82 bits per heavy atom. The number of hydrogen-bond donors (Lipinski definition) is 1. The number of hydrogen-bond acceptors (Lipinski definition) is 7. The average molecular weight is 453 g/mol. The maximum absolute atomic E-state index is 12.2. The highest BCUT2D eigenvalue weighted by Crippen LogP contribution is 2.31. The second-order valence-corrected chi connectivity index (χ2v) is 7.46. The zero-order valence-corrected chi connectivity index (χ0v) is 18.2. The number of ether oxygens (including phenoxy) is 1. The third kappa shape index (κ3) is 3.81. The molecule has 1 amide bonds. The lowest BCUT2D eigenvalue weighted by Gasteiger charge is -2.12. The number of aromatic amines is 1. The van der Waals surface area contributed by atoms with Crippen molar-refractivity contribution in [1.29, 1.82) is 0 Å². The van der Waals surface area contributed by atoms with Gasteiger partial charge in [-0.1, -0.05) is 54.6 Å². The minimum absolute atomic E-state index is 0.191. The number of nitrogens with one attached hydrogen (secondary N) is 1. The average Bonchev–Trinajstić information content (AvgIpc) is 3.53. The number of H-pyrrole nitrogens is 1. The highest BCUT2D eigenvalue weighted by atomic mass is 16.5. The van der Waals surface area contributed by atoms with Crippen LogP contribution in [0.1, 0.15) is 22.8 Å². The monoisotopic (exact) mass is 453 g/mol. The predicted octanol–water partition coefficient (Wildman–Crippen LogP) is 4.24. The van der Waals surface area contributed by atoms with E-state index >= 15 is 0 Å². The van der Waals surface area contributed by atoms with E-state index in [0.29, 0.717) is 36.0 Å². The van der Waals surface area contributed by atoms with Crippen LogP contribution >= 0.6 is 0 Å². The van der Waals surface area contributed by atoms with E-state index in [2.05, 4.69) is 30.8 Å². The molecule has 2 heterocycles. The highest BCUT2D eigenvalue weighted by molar-refractivity contribution is 6.05. The van der Waals surface area contributed by atoms with Crippen molar-refractivity contribution >= 4 is 16.9 Å². The maximum atomic E-state index is 12.2. The molecule has 0 saturated carbocycles. The number of nitrogens with zero attached hydrogens (tertiary/aromatic N) is 6. The van der Waals surface area contributed by atoms with Crippen LogP contribution in [0.15, 0.2) is 71.9 Å². The molecule has 34 heavy (non-hydrogen) atoms. The summed E-state index contributed by atoms with van der Waals surface area (Å²) in [5.74, 6) is -0.324. The Kier molecular flexibility index (Phi) is 5.61. The number of carbonyl (C=O) groups excluding carboxylic acids is 1. The van der Waals surface area contributed by atoms with E-state index in [4.69, 9.17) is 4.74 Å². The second kappa shape index (κ2) is 9.02. The molecule has 0 aliphatic carbocycles. The van der Waals surface area contributed by atoms with Gasteiger partial charge in [0, 0.05) is 10.7 Å². The first-order chi connectivity index (χ1) is 16.7. The highest BCUT2D eigenvalue weighted by Gasteiger charge is 2.20. The van der Waals surface area contributed by atoms with Crippen LogP contribution in [-0.2, 0) is 6.54 Å². The molecule has 10 heteroatoms. The van der Waals surface area contributed by atoms with Crippen LogP contribution in [0, 0.1) is 4.91 Å². The molecule has 0 spiro atoms. The zero-order valence-electron chi connectivity index (χ0n) is 18.2. The summed E-state index contributed by atoms with van der Waals surface area (Å²) >= 11 is 0. The van der Waals surface area contributed by atoms with Crippen LogP contribution in [-0.4, -0.2) is 42.7 Å². The summed E-state index contributed by atoms with van der Waals surface area (Å²) in [4.78, 5) is 27.6. The Morgan fingerprint density at radius 3 is 2.53 bits per heavy atom. The summed E-state index contributed by atoms with van der Waals surface area (Å²) in [6.45, 7) is 2.66. The molecule has 0 aliphatic rings. The summed E-state index contributed by atoms with van der Waals surface area (Å²) in [6, 6.07) is 21.2. The fourth-order valence-corrected chi connectivity index (χ4v) is 3.95. The van der Waals surface area contributed by atoms with Gasteiger partial charge >= 0.3 is 5.91 Å². The fourth-order valence-electron chi connectivity index (χ4n) is 3.95. The van der Waals surface area contributed by atoms with Crippen molar-refractivity contribution < 1.29 is 9.53 Å². The van der Waals surface area contributed by atoms with E-state index in [1.165, 1.54) is 0 Å². The minimum atomic E-state index is -0.844. The number of imidazole rings is 1. The maximum Gasteiger partial charge on any atom is 0.318 e. The van der Waals surface area contributed by atoms with Gasteiger partial charge in [-0.25, -0.2) is 0 Å². The smallest absolute Gasteiger partial charge is 0.318 e. The van der Waals surface area contributed by atoms with E-state index in [1.807, 2.05) is 55.5 Å². The first-order valence-corrected chi connectivity index (χ1v) is 10.6. The van der Waals surface area contributed by atoms with Crippen molar-refractivity contribution in [2.24, 2.45) is 5.18 Å². The van der Waals surface area contributed by atoms with Crippen LogP contribution in [0.25, 0.3) is 33.5 Å². The lowest BCUT2D eigenvalue weighted by molar-refractivity contribution is 0.100. The lowest BCUT2D eigenvalue weighted by atomic mass is 9.98. The van der Waals surface area contributed by atoms with Crippen molar-refractivity contribution in [3.63, 3.8) is 0 Å². The molecule has 0 saturated heterocycles. The number of tetrazole rings is 1. The van der Waals surface area contributed by atoms with Crippen molar-refractivity contribution in [1.82, 2.24) is 30.2 Å². The Hall–Kier alpha value is -4.73. The Labute approximate surface area is 193 Å². The van der Waals surface area contributed by atoms with Gasteiger partial charge in [-0.05, 0) is 41.0 Å². The standard InChI is InChI=1S/C24H19N7O3/c1-2-34-24-25-20-9-5-8-19(23(32)28-33)21(20)31(24)14-15-10-12-16(13-11-15)17-6-3-4-7-18(17)22-26-29-30-27-22/h3-13H,2,14H2,1H3,(H,26,27,29,30). The first kappa shape index (κ1) is 21.1. The molecule has 10 nitrogen and oxygen atoms in total. The quantitative estimate of drug-likeness (QED) is 0.365. The van der Waals surface area contributed by atoms with E-state index in [1.54, 1.807) is 22.8 Å². The number of fused-ring (bicyclic) bond motifs is 1. The van der Waals surface area contributed by atoms with Crippen molar-refractivity contribution in [3.05, 3.63) is 82.8 Å².